The summed E-state index contributed by atoms with van der Waals surface area (Å²) in [6.45, 7) is 5.00. The van der Waals surface area contributed by atoms with Crippen LogP contribution in [-0.2, 0) is 32.0 Å². The number of sulfone groups is 1. The minimum atomic E-state index is -4.72. The second-order valence-corrected chi connectivity index (χ2v) is 13.7. The maximum Gasteiger partial charge on any atom is 0.418 e. The molecule has 0 saturated carbocycles. The van der Waals surface area contributed by atoms with Crippen LogP contribution in [0.25, 0.3) is 0 Å². The zero-order valence-corrected chi connectivity index (χ0v) is 23.1. The topological polar surface area (TPSA) is 105 Å². The van der Waals surface area contributed by atoms with E-state index in [-0.39, 0.29) is 28.8 Å². The van der Waals surface area contributed by atoms with Crippen LogP contribution >= 0.6 is 11.8 Å². The van der Waals surface area contributed by atoms with E-state index in [0.717, 1.165) is 17.8 Å². The zero-order valence-electron chi connectivity index (χ0n) is 21.4. The van der Waals surface area contributed by atoms with Gasteiger partial charge in [-0.25, -0.2) is 13.2 Å². The lowest BCUT2D eigenvalue weighted by Gasteiger charge is -2.28. The number of hydrogen-bond acceptors (Lipinski definition) is 6. The van der Waals surface area contributed by atoms with Crippen LogP contribution < -0.4 is 10.2 Å². The molecule has 2 amide bonds. The van der Waals surface area contributed by atoms with Crippen molar-refractivity contribution in [3.8, 4) is 0 Å². The number of ether oxygens (including phenoxy) is 1. The van der Waals surface area contributed by atoms with Crippen LogP contribution in [0.1, 0.15) is 31.9 Å². The third-order valence-corrected chi connectivity index (χ3v) is 9.22. The van der Waals surface area contributed by atoms with E-state index in [9.17, 15) is 31.2 Å². The summed E-state index contributed by atoms with van der Waals surface area (Å²) in [5, 5.41) is 1.88. The van der Waals surface area contributed by atoms with Gasteiger partial charge in [0, 0.05) is 11.7 Å². The molecule has 2 aromatic carbocycles. The summed E-state index contributed by atoms with van der Waals surface area (Å²) in [7, 11) is -3.49. The molecule has 13 heteroatoms. The van der Waals surface area contributed by atoms with Crippen molar-refractivity contribution in [1.82, 2.24) is 5.32 Å². The molecule has 2 aliphatic rings. The molecule has 8 nitrogen and oxygen atoms in total. The molecular formula is C26H28F3N3O5S2. The molecule has 2 aromatic rings. The van der Waals surface area contributed by atoms with Gasteiger partial charge in [-0.3, -0.25) is 4.79 Å². The summed E-state index contributed by atoms with van der Waals surface area (Å²) in [6, 6.07) is 11.6. The third-order valence-electron chi connectivity index (χ3n) is 6.01. The molecule has 210 valence electrons. The van der Waals surface area contributed by atoms with Crippen molar-refractivity contribution in [2.75, 3.05) is 16.4 Å². The average Bonchev–Trinajstić information content (AvgIpc) is 3.28. The Morgan fingerprint density at radius 3 is 2.36 bits per heavy atom. The molecular weight excluding hydrogens is 555 g/mol. The van der Waals surface area contributed by atoms with Crippen LogP contribution in [0.4, 0.5) is 23.7 Å². The third kappa shape index (κ3) is 7.13. The number of hydrogen-bond donors (Lipinski definition) is 1. The number of benzene rings is 2. The maximum atomic E-state index is 13.9. The molecule has 1 N–H and O–H groups in total. The Morgan fingerprint density at radius 1 is 1.08 bits per heavy atom. The molecule has 0 radical (unpaired) electrons. The Bertz CT molecular complexity index is 1380. The predicted molar refractivity (Wildman–Crippen MR) is 143 cm³/mol. The maximum absolute atomic E-state index is 13.9. The number of halogens is 3. The molecule has 39 heavy (non-hydrogen) atoms. The minimum Gasteiger partial charge on any atom is -0.444 e. The molecule has 2 heterocycles. The van der Waals surface area contributed by atoms with Gasteiger partial charge in [0.05, 0.1) is 28.8 Å². The summed E-state index contributed by atoms with van der Waals surface area (Å²) in [5.74, 6) is -1.41. The summed E-state index contributed by atoms with van der Waals surface area (Å²) in [5.41, 5.74) is -1.37. The first-order valence-corrected chi connectivity index (χ1v) is 14.8. The zero-order chi connectivity index (χ0) is 28.6. The van der Waals surface area contributed by atoms with Crippen LogP contribution in [0.3, 0.4) is 0 Å². The number of aliphatic imine (C=N–C) groups is 1. The van der Waals surface area contributed by atoms with Crippen molar-refractivity contribution >= 4 is 44.5 Å². The summed E-state index contributed by atoms with van der Waals surface area (Å²) >= 11 is 0.951. The lowest BCUT2D eigenvalue weighted by atomic mass is 10.1. The van der Waals surface area contributed by atoms with Gasteiger partial charge in [-0.1, -0.05) is 54.2 Å². The number of carbonyl (C=O) groups excluding carboxylic acids is 2. The van der Waals surface area contributed by atoms with Crippen molar-refractivity contribution < 1.29 is 35.9 Å². The lowest BCUT2D eigenvalue weighted by molar-refractivity contribution is -0.137. The molecule has 0 spiro atoms. The minimum absolute atomic E-state index is 0.0503. The van der Waals surface area contributed by atoms with Gasteiger partial charge < -0.3 is 15.0 Å². The summed E-state index contributed by atoms with van der Waals surface area (Å²) in [4.78, 5) is 31.4. The Balaban J connectivity index is 1.72. The first-order chi connectivity index (χ1) is 18.1. The Hall–Kier alpha value is -3.06. The largest absolute Gasteiger partial charge is 0.444 e. The standard InChI is InChI=1S/C26H28F3N3O5S2/c1-25(2,3)37-24(34)30-18(13-16-9-5-4-6-10-16)22(33)31-23-32(20-14-39(35,36)15-21(20)38-23)19-12-8-7-11-17(19)26(27,28)29/h4-12,18,20-21H,13-15H2,1-3H3,(H,30,34)/t18-,20-,21-/m1/s1. The first kappa shape index (κ1) is 28.9. The van der Waals surface area contributed by atoms with Gasteiger partial charge in [-0.15, -0.1) is 0 Å². The van der Waals surface area contributed by atoms with E-state index in [1.54, 1.807) is 51.1 Å². The summed E-state index contributed by atoms with van der Waals surface area (Å²) < 4.78 is 71.7. The molecule has 0 aliphatic carbocycles. The van der Waals surface area contributed by atoms with Crippen LogP contribution in [-0.4, -0.2) is 60.0 Å². The van der Waals surface area contributed by atoms with E-state index in [2.05, 4.69) is 10.3 Å². The highest BCUT2D eigenvalue weighted by Crippen LogP contribution is 2.45. The monoisotopic (exact) mass is 583 g/mol. The van der Waals surface area contributed by atoms with E-state index >= 15 is 0 Å². The first-order valence-electron chi connectivity index (χ1n) is 12.1. The number of rotatable bonds is 5. The van der Waals surface area contributed by atoms with Crippen molar-refractivity contribution in [2.24, 2.45) is 4.99 Å². The highest BCUT2D eigenvalue weighted by molar-refractivity contribution is 8.16. The fraction of sp³-hybridized carbons (Fsp3) is 0.423. The number of alkyl halides is 3. The lowest BCUT2D eigenvalue weighted by Crippen LogP contribution is -2.45. The van der Waals surface area contributed by atoms with Crippen molar-refractivity contribution in [3.05, 3.63) is 65.7 Å². The fourth-order valence-electron chi connectivity index (χ4n) is 4.44. The van der Waals surface area contributed by atoms with Crippen LogP contribution in [0, 0.1) is 0 Å². The number of thioether (sulfide) groups is 1. The molecule has 2 saturated heterocycles. The smallest absolute Gasteiger partial charge is 0.418 e. The van der Waals surface area contributed by atoms with E-state index in [1.165, 1.54) is 23.1 Å². The molecule has 0 aromatic heterocycles. The van der Waals surface area contributed by atoms with Crippen LogP contribution in [0.2, 0.25) is 0 Å². The number of anilines is 1. The highest BCUT2D eigenvalue weighted by Gasteiger charge is 2.51. The van der Waals surface area contributed by atoms with Gasteiger partial charge in [-0.05, 0) is 38.5 Å². The van der Waals surface area contributed by atoms with E-state index in [4.69, 9.17) is 4.74 Å². The quantitative estimate of drug-likeness (QED) is 0.555. The molecule has 3 atom stereocenters. The number of para-hydroxylation sites is 1. The Kier molecular flexibility index (Phi) is 8.04. The number of nitrogens with one attached hydrogen (secondary N) is 1. The number of nitrogens with zero attached hydrogens (tertiary/aromatic N) is 2. The van der Waals surface area contributed by atoms with E-state index < -0.39 is 56.5 Å². The molecule has 0 bridgehead atoms. The number of amides is 2. The number of fused-ring (bicyclic) bond motifs is 1. The molecule has 2 fully saturated rings. The predicted octanol–water partition coefficient (Wildman–Crippen LogP) is 4.44. The second-order valence-electron chi connectivity index (χ2n) is 10.3. The van der Waals surface area contributed by atoms with Crippen molar-refractivity contribution in [3.63, 3.8) is 0 Å². The Morgan fingerprint density at radius 2 is 1.72 bits per heavy atom. The van der Waals surface area contributed by atoms with Crippen LogP contribution in [0.15, 0.2) is 59.6 Å². The van der Waals surface area contributed by atoms with Gasteiger partial charge >= 0.3 is 12.3 Å². The van der Waals surface area contributed by atoms with Crippen molar-refractivity contribution in [2.45, 2.75) is 56.3 Å². The highest BCUT2D eigenvalue weighted by atomic mass is 32.2. The van der Waals surface area contributed by atoms with Gasteiger partial charge in [0.2, 0.25) is 0 Å². The second kappa shape index (κ2) is 10.8. The van der Waals surface area contributed by atoms with Crippen molar-refractivity contribution in [1.29, 1.82) is 0 Å². The van der Waals surface area contributed by atoms with Crippen LogP contribution in [0.5, 0.6) is 0 Å². The summed E-state index contributed by atoms with van der Waals surface area (Å²) in [6.07, 6.45) is -5.51. The van der Waals surface area contributed by atoms with E-state index in [1.807, 2.05) is 0 Å². The Labute approximate surface area is 228 Å². The molecule has 4 rings (SSSR count). The van der Waals surface area contributed by atoms with E-state index in [0.29, 0.717) is 5.56 Å². The van der Waals surface area contributed by atoms with Gasteiger partial charge in [0.1, 0.15) is 11.6 Å². The van der Waals surface area contributed by atoms with Gasteiger partial charge in [0.25, 0.3) is 5.91 Å². The number of carbonyl (C=O) groups is 2. The molecule has 0 unspecified atom stereocenters. The van der Waals surface area contributed by atoms with Gasteiger partial charge in [0.15, 0.2) is 15.0 Å². The normalized spacial score (nSPS) is 22.4. The molecule has 2 aliphatic heterocycles. The van der Waals surface area contributed by atoms with Gasteiger partial charge in [-0.2, -0.15) is 18.2 Å². The number of amidine groups is 1. The average molecular weight is 584 g/mol. The fourth-order valence-corrected chi connectivity index (χ4v) is 8.35. The number of alkyl carbamates (subject to hydrolysis) is 1. The SMILES string of the molecule is CC(C)(C)OC(=O)N[C@H](Cc1ccccc1)C(=O)N=C1S[C@@H]2CS(=O)(=O)C[C@H]2N1c1ccccc1C(F)(F)F.